The van der Waals surface area contributed by atoms with Crippen LogP contribution in [0.1, 0.15) is 38.8 Å². The van der Waals surface area contributed by atoms with Crippen LogP contribution in [0.4, 0.5) is 11.5 Å². The van der Waals surface area contributed by atoms with Crippen molar-refractivity contribution in [3.63, 3.8) is 0 Å². The van der Waals surface area contributed by atoms with Gasteiger partial charge >= 0.3 is 0 Å². The van der Waals surface area contributed by atoms with Crippen LogP contribution in [0.25, 0.3) is 0 Å². The van der Waals surface area contributed by atoms with Crippen molar-refractivity contribution < 1.29 is 14.4 Å². The summed E-state index contributed by atoms with van der Waals surface area (Å²) in [5.41, 5.74) is 1.88. The van der Waals surface area contributed by atoms with E-state index in [4.69, 9.17) is 0 Å². The van der Waals surface area contributed by atoms with Crippen LogP contribution < -0.4 is 16.0 Å². The van der Waals surface area contributed by atoms with E-state index in [1.54, 1.807) is 57.3 Å². The van der Waals surface area contributed by atoms with Gasteiger partial charge in [-0.1, -0.05) is 39.8 Å². The van der Waals surface area contributed by atoms with Gasteiger partial charge in [-0.25, -0.2) is 4.98 Å². The highest BCUT2D eigenvalue weighted by atomic mass is 16.2. The van der Waals surface area contributed by atoms with Crippen molar-refractivity contribution in [3.8, 4) is 0 Å². The minimum absolute atomic E-state index is 0.110. The fourth-order valence-corrected chi connectivity index (χ4v) is 2.64. The standard InChI is InChI=1S/C22H28N4O3/c1-5-15-9-10-17(25-20(28)14-24-21(29)22(2,3)4)12-16(15)13-19(27)26-18-8-6-7-11-23-18/h6-12H,5,13-14H2,1-4H3,(H,24,29)(H,25,28)(H,23,26,27). The first-order chi connectivity index (χ1) is 13.7. The zero-order valence-corrected chi connectivity index (χ0v) is 17.3. The molecule has 3 amide bonds. The number of carbonyl (C=O) groups is 3. The van der Waals surface area contributed by atoms with Gasteiger partial charge in [0.1, 0.15) is 5.82 Å². The number of anilines is 2. The Labute approximate surface area is 171 Å². The van der Waals surface area contributed by atoms with Crippen molar-refractivity contribution in [1.82, 2.24) is 10.3 Å². The molecule has 0 atom stereocenters. The fourth-order valence-electron chi connectivity index (χ4n) is 2.64. The van der Waals surface area contributed by atoms with Crippen molar-refractivity contribution in [2.75, 3.05) is 17.2 Å². The smallest absolute Gasteiger partial charge is 0.243 e. The molecule has 0 fully saturated rings. The average Bonchev–Trinajstić information content (AvgIpc) is 2.66. The number of pyridine rings is 1. The van der Waals surface area contributed by atoms with Crippen molar-refractivity contribution in [1.29, 1.82) is 0 Å². The second kappa shape index (κ2) is 9.82. The molecule has 154 valence electrons. The number of aryl methyl sites for hydroxylation is 1. The molecule has 0 bridgehead atoms. The van der Waals surface area contributed by atoms with Crippen molar-refractivity contribution in [2.24, 2.45) is 5.41 Å². The number of rotatable bonds is 7. The summed E-state index contributed by atoms with van der Waals surface area (Å²) in [6.45, 7) is 7.25. The maximum absolute atomic E-state index is 12.4. The lowest BCUT2D eigenvalue weighted by Crippen LogP contribution is -2.39. The number of amides is 3. The van der Waals surface area contributed by atoms with Crippen molar-refractivity contribution in [3.05, 3.63) is 53.7 Å². The average molecular weight is 396 g/mol. The molecule has 0 aliphatic heterocycles. The molecular weight excluding hydrogens is 368 g/mol. The Bertz CT molecular complexity index is 873. The molecule has 0 unspecified atom stereocenters. The third kappa shape index (κ3) is 7.03. The molecule has 0 spiro atoms. The topological polar surface area (TPSA) is 100 Å². The van der Waals surface area contributed by atoms with Crippen LogP contribution in [0.15, 0.2) is 42.6 Å². The van der Waals surface area contributed by atoms with Gasteiger partial charge in [-0.15, -0.1) is 0 Å². The number of nitrogens with zero attached hydrogens (tertiary/aromatic N) is 1. The van der Waals surface area contributed by atoms with Gasteiger partial charge in [0.05, 0.1) is 13.0 Å². The Morgan fingerprint density at radius 2 is 1.72 bits per heavy atom. The van der Waals surface area contributed by atoms with E-state index in [9.17, 15) is 14.4 Å². The first-order valence-corrected chi connectivity index (χ1v) is 9.60. The molecule has 0 saturated carbocycles. The monoisotopic (exact) mass is 396 g/mol. The lowest BCUT2D eigenvalue weighted by Gasteiger charge is -2.17. The third-order valence-corrected chi connectivity index (χ3v) is 4.25. The third-order valence-electron chi connectivity index (χ3n) is 4.25. The van der Waals surface area contributed by atoms with Gasteiger partial charge in [0.25, 0.3) is 0 Å². The highest BCUT2D eigenvalue weighted by molar-refractivity contribution is 5.96. The summed E-state index contributed by atoms with van der Waals surface area (Å²) in [7, 11) is 0. The maximum atomic E-state index is 12.4. The molecule has 0 aliphatic carbocycles. The van der Waals surface area contributed by atoms with E-state index in [0.717, 1.165) is 17.5 Å². The van der Waals surface area contributed by atoms with E-state index in [1.807, 2.05) is 13.0 Å². The van der Waals surface area contributed by atoms with Crippen molar-refractivity contribution in [2.45, 2.75) is 40.5 Å². The van der Waals surface area contributed by atoms with E-state index in [-0.39, 0.29) is 30.7 Å². The van der Waals surface area contributed by atoms with E-state index in [1.165, 1.54) is 0 Å². The largest absolute Gasteiger partial charge is 0.347 e. The van der Waals surface area contributed by atoms with E-state index in [2.05, 4.69) is 20.9 Å². The summed E-state index contributed by atoms with van der Waals surface area (Å²) in [6, 6.07) is 10.8. The van der Waals surface area contributed by atoms with Crippen LogP contribution in [0.5, 0.6) is 0 Å². The molecule has 1 heterocycles. The van der Waals surface area contributed by atoms with Gasteiger partial charge in [0.2, 0.25) is 17.7 Å². The van der Waals surface area contributed by atoms with E-state index >= 15 is 0 Å². The van der Waals surface area contributed by atoms with Gasteiger partial charge in [-0.2, -0.15) is 0 Å². The highest BCUT2D eigenvalue weighted by Crippen LogP contribution is 2.18. The Morgan fingerprint density at radius 1 is 0.966 bits per heavy atom. The molecule has 0 saturated heterocycles. The molecule has 2 aromatic rings. The number of carbonyl (C=O) groups excluding carboxylic acids is 3. The molecule has 7 heteroatoms. The summed E-state index contributed by atoms with van der Waals surface area (Å²) >= 11 is 0. The van der Waals surface area contributed by atoms with E-state index < -0.39 is 5.41 Å². The number of nitrogens with one attached hydrogen (secondary N) is 3. The second-order valence-electron chi connectivity index (χ2n) is 7.76. The Kier molecular flexibility index (Phi) is 7.47. The van der Waals surface area contributed by atoms with Gasteiger partial charge in [0, 0.05) is 17.3 Å². The summed E-state index contributed by atoms with van der Waals surface area (Å²) in [5, 5.41) is 8.15. The predicted molar refractivity (Wildman–Crippen MR) is 113 cm³/mol. The zero-order chi connectivity index (χ0) is 21.4. The predicted octanol–water partition coefficient (Wildman–Crippen LogP) is 2.93. The molecule has 3 N–H and O–H groups in total. The van der Waals surface area contributed by atoms with Crippen LogP contribution in [0.3, 0.4) is 0 Å². The summed E-state index contributed by atoms with van der Waals surface area (Å²) < 4.78 is 0. The van der Waals surface area contributed by atoms with Crippen LogP contribution in [0.2, 0.25) is 0 Å². The molecule has 1 aromatic heterocycles. The number of hydrogen-bond donors (Lipinski definition) is 3. The quantitative estimate of drug-likeness (QED) is 0.670. The van der Waals surface area contributed by atoms with Crippen LogP contribution in [-0.2, 0) is 27.2 Å². The molecule has 29 heavy (non-hydrogen) atoms. The van der Waals surface area contributed by atoms with Crippen LogP contribution in [-0.4, -0.2) is 29.3 Å². The summed E-state index contributed by atoms with van der Waals surface area (Å²) in [6.07, 6.45) is 2.55. The molecule has 0 aliphatic rings. The Balaban J connectivity index is 2.01. The minimum Gasteiger partial charge on any atom is -0.347 e. The van der Waals surface area contributed by atoms with Gasteiger partial charge < -0.3 is 16.0 Å². The number of hydrogen-bond acceptors (Lipinski definition) is 4. The molecule has 0 radical (unpaired) electrons. The van der Waals surface area contributed by atoms with E-state index in [0.29, 0.717) is 11.5 Å². The fraction of sp³-hybridized carbons (Fsp3) is 0.364. The maximum Gasteiger partial charge on any atom is 0.243 e. The molecule has 7 nitrogen and oxygen atoms in total. The first-order valence-electron chi connectivity index (χ1n) is 9.60. The molecule has 2 rings (SSSR count). The zero-order valence-electron chi connectivity index (χ0n) is 17.3. The Morgan fingerprint density at radius 3 is 2.34 bits per heavy atom. The lowest BCUT2D eigenvalue weighted by molar-refractivity contribution is -0.130. The van der Waals surface area contributed by atoms with Gasteiger partial charge in [0.15, 0.2) is 0 Å². The summed E-state index contributed by atoms with van der Waals surface area (Å²) in [5.74, 6) is -0.203. The first kappa shape index (κ1) is 22.1. The van der Waals surface area contributed by atoms with Gasteiger partial charge in [-0.3, -0.25) is 14.4 Å². The van der Waals surface area contributed by atoms with Gasteiger partial charge in [-0.05, 0) is 41.8 Å². The lowest BCUT2D eigenvalue weighted by atomic mass is 9.96. The molecule has 1 aromatic carbocycles. The van der Waals surface area contributed by atoms with Crippen LogP contribution >= 0.6 is 0 Å². The van der Waals surface area contributed by atoms with Crippen molar-refractivity contribution >= 4 is 29.2 Å². The Hall–Kier alpha value is -3.22. The number of aromatic nitrogens is 1. The van der Waals surface area contributed by atoms with Crippen LogP contribution in [0, 0.1) is 5.41 Å². The SMILES string of the molecule is CCc1ccc(NC(=O)CNC(=O)C(C)(C)C)cc1CC(=O)Nc1ccccn1. The highest BCUT2D eigenvalue weighted by Gasteiger charge is 2.21. The summed E-state index contributed by atoms with van der Waals surface area (Å²) in [4.78, 5) is 40.5. The second-order valence-corrected chi connectivity index (χ2v) is 7.76. The molecular formula is C22H28N4O3. The normalized spacial score (nSPS) is 10.9. The number of benzene rings is 1. The minimum atomic E-state index is -0.558.